The topological polar surface area (TPSA) is 124 Å². The van der Waals surface area contributed by atoms with Gasteiger partial charge >= 0.3 is 5.97 Å². The Hall–Kier alpha value is -2.48. The van der Waals surface area contributed by atoms with Crippen LogP contribution in [0.25, 0.3) is 10.8 Å². The summed E-state index contributed by atoms with van der Waals surface area (Å²) >= 11 is 0. The normalized spacial score (nSPS) is 16.3. The van der Waals surface area contributed by atoms with E-state index in [4.69, 9.17) is 9.84 Å². The highest BCUT2D eigenvalue weighted by atomic mass is 16.5. The van der Waals surface area contributed by atoms with Crippen molar-refractivity contribution in [1.82, 2.24) is 0 Å². The molecule has 0 aliphatic rings. The van der Waals surface area contributed by atoms with Crippen molar-refractivity contribution >= 4 is 23.0 Å². The van der Waals surface area contributed by atoms with Crippen molar-refractivity contribution in [2.75, 3.05) is 0 Å². The van der Waals surface area contributed by atoms with Gasteiger partial charge in [0.1, 0.15) is 18.0 Å². The van der Waals surface area contributed by atoms with Crippen molar-refractivity contribution in [2.45, 2.75) is 24.4 Å². The molecule has 0 saturated heterocycles. The van der Waals surface area contributed by atoms with Crippen LogP contribution in [0, 0.1) is 0 Å². The van der Waals surface area contributed by atoms with E-state index in [1.165, 1.54) is 0 Å². The molecule has 2 aromatic rings. The van der Waals surface area contributed by atoms with Crippen LogP contribution in [-0.2, 0) is 9.59 Å². The first-order chi connectivity index (χ1) is 11.0. The highest BCUT2D eigenvalue weighted by Gasteiger charge is 2.36. The van der Waals surface area contributed by atoms with Crippen LogP contribution in [0.4, 0.5) is 0 Å². The number of fused-ring (bicyclic) bond motifs is 1. The van der Waals surface area contributed by atoms with Crippen molar-refractivity contribution in [3.05, 3.63) is 42.5 Å². The van der Waals surface area contributed by atoms with Crippen molar-refractivity contribution in [2.24, 2.45) is 0 Å². The van der Waals surface area contributed by atoms with E-state index in [0.29, 0.717) is 5.39 Å². The Balaban J connectivity index is 2.24. The van der Waals surface area contributed by atoms with Crippen molar-refractivity contribution in [3.8, 4) is 5.75 Å². The molecule has 0 amide bonds. The van der Waals surface area contributed by atoms with E-state index in [-0.39, 0.29) is 12.0 Å². The van der Waals surface area contributed by atoms with Gasteiger partial charge in [0.25, 0.3) is 0 Å². The molecule has 0 bridgehead atoms. The summed E-state index contributed by atoms with van der Waals surface area (Å²) in [4.78, 5) is 21.8. The molecule has 0 aliphatic heterocycles. The van der Waals surface area contributed by atoms with Crippen LogP contribution in [0.1, 0.15) is 0 Å². The average Bonchev–Trinajstić information content (AvgIpc) is 2.57. The first kappa shape index (κ1) is 16.9. The molecule has 4 N–H and O–H groups in total. The van der Waals surface area contributed by atoms with Gasteiger partial charge in [-0.2, -0.15) is 0 Å². The van der Waals surface area contributed by atoms with E-state index in [1.54, 1.807) is 24.3 Å². The van der Waals surface area contributed by atoms with Gasteiger partial charge in [-0.3, -0.25) is 4.79 Å². The predicted octanol–water partition coefficient (Wildman–Crippen LogP) is -0.0466. The summed E-state index contributed by atoms with van der Waals surface area (Å²) in [5.41, 5.74) is 0. The Morgan fingerprint density at radius 3 is 2.30 bits per heavy atom. The first-order valence-corrected chi connectivity index (χ1v) is 6.82. The Bertz CT molecular complexity index is 694. The molecule has 0 spiro atoms. The second-order valence-corrected chi connectivity index (χ2v) is 4.96. The van der Waals surface area contributed by atoms with Gasteiger partial charge < -0.3 is 25.2 Å². The number of carbonyl (C=O) groups is 2. The number of aliphatic carboxylic acids is 1. The SMILES string of the molecule is O=C[C@H](Oc1cccc2ccccc12)[C@@H](O)[C@H](O)[C@H](O)C(=O)O. The van der Waals surface area contributed by atoms with E-state index in [2.05, 4.69) is 0 Å². The number of rotatable bonds is 7. The van der Waals surface area contributed by atoms with E-state index in [0.717, 1.165) is 5.39 Å². The van der Waals surface area contributed by atoms with E-state index < -0.39 is 30.4 Å². The molecule has 2 aromatic carbocycles. The molecule has 0 heterocycles. The van der Waals surface area contributed by atoms with Crippen LogP contribution < -0.4 is 4.74 Å². The second-order valence-electron chi connectivity index (χ2n) is 4.96. The highest BCUT2D eigenvalue weighted by molar-refractivity contribution is 5.88. The first-order valence-electron chi connectivity index (χ1n) is 6.82. The summed E-state index contributed by atoms with van der Waals surface area (Å²) in [6, 6.07) is 12.3. The molecule has 122 valence electrons. The number of aliphatic hydroxyl groups is 3. The maximum absolute atomic E-state index is 11.2. The second kappa shape index (κ2) is 7.19. The van der Waals surface area contributed by atoms with E-state index >= 15 is 0 Å². The summed E-state index contributed by atoms with van der Waals surface area (Å²) < 4.78 is 5.41. The number of aldehydes is 1. The van der Waals surface area contributed by atoms with Crippen molar-refractivity contribution in [3.63, 3.8) is 0 Å². The van der Waals surface area contributed by atoms with Crippen LogP contribution in [0.15, 0.2) is 42.5 Å². The van der Waals surface area contributed by atoms with Crippen LogP contribution in [0.3, 0.4) is 0 Å². The molecule has 7 nitrogen and oxygen atoms in total. The summed E-state index contributed by atoms with van der Waals surface area (Å²) in [5, 5.41) is 39.0. The number of hydrogen-bond acceptors (Lipinski definition) is 6. The third kappa shape index (κ3) is 3.65. The number of benzene rings is 2. The quantitative estimate of drug-likeness (QED) is 0.527. The monoisotopic (exact) mass is 320 g/mol. The van der Waals surface area contributed by atoms with Gasteiger partial charge in [-0.25, -0.2) is 4.79 Å². The number of carboxylic acid groups (broad SMARTS) is 1. The predicted molar refractivity (Wildman–Crippen MR) is 80.1 cm³/mol. The summed E-state index contributed by atoms with van der Waals surface area (Å²) in [6.07, 6.45) is -7.51. The Morgan fingerprint density at radius 2 is 1.65 bits per heavy atom. The van der Waals surface area contributed by atoms with Gasteiger partial charge in [0, 0.05) is 5.39 Å². The molecule has 7 heteroatoms. The van der Waals surface area contributed by atoms with Gasteiger partial charge in [-0.15, -0.1) is 0 Å². The molecule has 0 aliphatic carbocycles. The average molecular weight is 320 g/mol. The molecule has 0 saturated carbocycles. The molecule has 4 atom stereocenters. The zero-order valence-electron chi connectivity index (χ0n) is 11.9. The standard InChI is InChI=1S/C16H16O7/c17-8-12(13(18)14(19)15(20)16(21)22)23-11-7-3-5-9-4-1-2-6-10(9)11/h1-8,12-15,18-20H,(H,21,22)/t12-,13+,14-,15-/m0/s1. The molecular formula is C16H16O7. The number of carboxylic acids is 1. The zero-order valence-corrected chi connectivity index (χ0v) is 11.9. The number of aliphatic hydroxyl groups excluding tert-OH is 3. The largest absolute Gasteiger partial charge is 0.479 e. The van der Waals surface area contributed by atoms with Crippen molar-refractivity contribution < 1.29 is 34.8 Å². The summed E-state index contributed by atoms with van der Waals surface area (Å²) in [6.45, 7) is 0. The van der Waals surface area contributed by atoms with Gasteiger partial charge in [0.05, 0.1) is 0 Å². The lowest BCUT2D eigenvalue weighted by atomic mass is 10.0. The fraction of sp³-hybridized carbons (Fsp3) is 0.250. The molecule has 23 heavy (non-hydrogen) atoms. The molecule has 0 aromatic heterocycles. The molecule has 0 unspecified atom stereocenters. The van der Waals surface area contributed by atoms with Crippen LogP contribution in [-0.4, -0.2) is 57.1 Å². The molecule has 0 radical (unpaired) electrons. The number of hydrogen-bond donors (Lipinski definition) is 4. The molecular weight excluding hydrogens is 304 g/mol. The molecule has 2 rings (SSSR count). The fourth-order valence-corrected chi connectivity index (χ4v) is 2.15. The van der Waals surface area contributed by atoms with Crippen LogP contribution in [0.2, 0.25) is 0 Å². The number of ether oxygens (including phenoxy) is 1. The van der Waals surface area contributed by atoms with Gasteiger partial charge in [-0.05, 0) is 11.5 Å². The lowest BCUT2D eigenvalue weighted by Crippen LogP contribution is -2.49. The van der Waals surface area contributed by atoms with Gasteiger partial charge in [0.2, 0.25) is 0 Å². The Morgan fingerprint density at radius 1 is 1.00 bits per heavy atom. The third-order valence-electron chi connectivity index (χ3n) is 3.41. The number of carbonyl (C=O) groups excluding carboxylic acids is 1. The van der Waals surface area contributed by atoms with Gasteiger partial charge in [0.15, 0.2) is 18.5 Å². The smallest absolute Gasteiger partial charge is 0.335 e. The lowest BCUT2D eigenvalue weighted by Gasteiger charge is -2.25. The Kier molecular flexibility index (Phi) is 5.28. The fourth-order valence-electron chi connectivity index (χ4n) is 2.15. The maximum atomic E-state index is 11.2. The zero-order chi connectivity index (χ0) is 17.0. The Labute approximate surface area is 131 Å². The van der Waals surface area contributed by atoms with Crippen LogP contribution >= 0.6 is 0 Å². The minimum absolute atomic E-state index is 0.240. The lowest BCUT2D eigenvalue weighted by molar-refractivity contribution is -0.162. The third-order valence-corrected chi connectivity index (χ3v) is 3.41. The molecule has 0 fully saturated rings. The van der Waals surface area contributed by atoms with Crippen LogP contribution in [0.5, 0.6) is 5.75 Å². The van der Waals surface area contributed by atoms with Gasteiger partial charge in [-0.1, -0.05) is 36.4 Å². The van der Waals surface area contributed by atoms with Crippen molar-refractivity contribution in [1.29, 1.82) is 0 Å². The summed E-state index contributed by atoms with van der Waals surface area (Å²) in [7, 11) is 0. The minimum Gasteiger partial charge on any atom is -0.479 e. The van der Waals surface area contributed by atoms with E-state index in [1.807, 2.05) is 18.2 Å². The van der Waals surface area contributed by atoms with E-state index in [9.17, 15) is 24.9 Å². The minimum atomic E-state index is -2.23. The maximum Gasteiger partial charge on any atom is 0.335 e. The highest BCUT2D eigenvalue weighted by Crippen LogP contribution is 2.26. The summed E-state index contributed by atoms with van der Waals surface area (Å²) in [5.74, 6) is -1.43.